The zero-order valence-corrected chi connectivity index (χ0v) is 6.90. The van der Waals surface area contributed by atoms with Crippen LogP contribution in [0.4, 0.5) is 13.2 Å². The highest BCUT2D eigenvalue weighted by Crippen LogP contribution is 2.14. The van der Waals surface area contributed by atoms with Gasteiger partial charge in [-0.2, -0.15) is 13.2 Å². The van der Waals surface area contributed by atoms with Gasteiger partial charge in [-0.3, -0.25) is 4.79 Å². The summed E-state index contributed by atoms with van der Waals surface area (Å²) < 4.78 is 37.5. The van der Waals surface area contributed by atoms with Crippen molar-refractivity contribution in [2.24, 2.45) is 0 Å². The van der Waals surface area contributed by atoms with Crippen molar-refractivity contribution in [3.05, 3.63) is 0 Å². The predicted molar refractivity (Wildman–Crippen MR) is 35.9 cm³/mol. The summed E-state index contributed by atoms with van der Waals surface area (Å²) in [6, 6.07) is 0. The van der Waals surface area contributed by atoms with Gasteiger partial charge in [0.1, 0.15) is 0 Å². The van der Waals surface area contributed by atoms with Gasteiger partial charge in [0, 0.05) is 0 Å². The number of halogens is 4. The number of esters is 1. The third kappa shape index (κ3) is 6.12. The second kappa shape index (κ2) is 3.99. The number of carbonyl (C=O) groups is 1. The van der Waals surface area contributed by atoms with E-state index in [4.69, 9.17) is 0 Å². The van der Waals surface area contributed by atoms with Gasteiger partial charge in [0.2, 0.25) is 0 Å². The summed E-state index contributed by atoms with van der Waals surface area (Å²) in [5.41, 5.74) is 0. The quantitative estimate of drug-likeness (QED) is 0.431. The minimum atomic E-state index is -4.42. The monoisotopic (exact) mass is 268 g/mol. The van der Waals surface area contributed by atoms with Crippen molar-refractivity contribution in [3.8, 4) is 0 Å². The highest BCUT2D eigenvalue weighted by molar-refractivity contribution is 14.1. The molecule has 0 radical (unpaired) electrons. The van der Waals surface area contributed by atoms with Gasteiger partial charge in [0.05, 0.1) is 4.43 Å². The van der Waals surface area contributed by atoms with Crippen LogP contribution in [0.1, 0.15) is 0 Å². The maximum absolute atomic E-state index is 11.3. The lowest BCUT2D eigenvalue weighted by Crippen LogP contribution is -2.20. The van der Waals surface area contributed by atoms with Gasteiger partial charge in [0.15, 0.2) is 6.61 Å². The summed E-state index contributed by atoms with van der Waals surface area (Å²) in [6.45, 7) is -1.49. The number of rotatable bonds is 2. The molecule has 0 unspecified atom stereocenters. The molecule has 0 rings (SSSR count). The fourth-order valence-electron chi connectivity index (χ4n) is 0.201. The van der Waals surface area contributed by atoms with Crippen molar-refractivity contribution in [2.45, 2.75) is 6.18 Å². The molecule has 2 nitrogen and oxygen atoms in total. The largest absolute Gasteiger partial charge is 0.455 e. The van der Waals surface area contributed by atoms with Crippen molar-refractivity contribution in [3.63, 3.8) is 0 Å². The van der Waals surface area contributed by atoms with Gasteiger partial charge in [-0.15, -0.1) is 0 Å². The summed E-state index contributed by atoms with van der Waals surface area (Å²) >= 11 is 1.62. The molecular formula is C4H4F3IO2. The predicted octanol–water partition coefficient (Wildman–Crippen LogP) is 1.53. The highest BCUT2D eigenvalue weighted by atomic mass is 127. The van der Waals surface area contributed by atoms with Crippen LogP contribution in [-0.4, -0.2) is 23.2 Å². The number of carbonyl (C=O) groups excluding carboxylic acids is 1. The first-order chi connectivity index (χ1) is 4.45. The minimum Gasteiger partial charge on any atom is -0.455 e. The second-order valence-electron chi connectivity index (χ2n) is 1.41. The summed E-state index contributed by atoms with van der Waals surface area (Å²) in [5.74, 6) is -0.849. The number of hydrogen-bond acceptors (Lipinski definition) is 2. The summed E-state index contributed by atoms with van der Waals surface area (Å²) in [6.07, 6.45) is -4.42. The molecule has 0 aromatic carbocycles. The first-order valence-corrected chi connectivity index (χ1v) is 3.76. The van der Waals surface area contributed by atoms with Crippen LogP contribution in [-0.2, 0) is 9.53 Å². The maximum atomic E-state index is 11.3. The normalized spacial score (nSPS) is 11.2. The van der Waals surface area contributed by atoms with Crippen LogP contribution in [0.5, 0.6) is 0 Å². The van der Waals surface area contributed by atoms with Crippen molar-refractivity contribution >= 4 is 28.6 Å². The molecule has 0 saturated carbocycles. The van der Waals surface area contributed by atoms with E-state index in [1.165, 1.54) is 0 Å². The Hall–Kier alpha value is -0.0100. The second-order valence-corrected chi connectivity index (χ2v) is 2.17. The molecule has 0 N–H and O–H groups in total. The molecule has 0 aliphatic rings. The molecule has 0 atom stereocenters. The molecule has 6 heteroatoms. The van der Waals surface area contributed by atoms with Gasteiger partial charge in [-0.05, 0) is 0 Å². The lowest BCUT2D eigenvalue weighted by atomic mass is 10.7. The van der Waals surface area contributed by atoms with Gasteiger partial charge in [0.25, 0.3) is 0 Å². The summed E-state index contributed by atoms with van der Waals surface area (Å²) in [7, 11) is 0. The first-order valence-electron chi connectivity index (χ1n) is 2.24. The molecule has 60 valence electrons. The van der Waals surface area contributed by atoms with Crippen LogP contribution < -0.4 is 0 Å². The van der Waals surface area contributed by atoms with E-state index in [0.717, 1.165) is 0 Å². The van der Waals surface area contributed by atoms with Gasteiger partial charge in [-0.25, -0.2) is 0 Å². The molecule has 0 amide bonds. The van der Waals surface area contributed by atoms with E-state index in [-0.39, 0.29) is 4.43 Å². The lowest BCUT2D eigenvalue weighted by molar-refractivity contribution is -0.184. The van der Waals surface area contributed by atoms with E-state index >= 15 is 0 Å². The van der Waals surface area contributed by atoms with E-state index in [0.29, 0.717) is 0 Å². The van der Waals surface area contributed by atoms with Crippen LogP contribution in [0, 0.1) is 0 Å². The van der Waals surface area contributed by atoms with E-state index in [1.807, 2.05) is 0 Å². The lowest BCUT2D eigenvalue weighted by Gasteiger charge is -2.05. The molecule has 0 aromatic rings. The molecule has 0 saturated heterocycles. The Morgan fingerprint density at radius 3 is 2.30 bits per heavy atom. The summed E-state index contributed by atoms with van der Waals surface area (Å²) in [4.78, 5) is 10.1. The van der Waals surface area contributed by atoms with Crippen LogP contribution >= 0.6 is 22.6 Å². The highest BCUT2D eigenvalue weighted by Gasteiger charge is 2.29. The van der Waals surface area contributed by atoms with Crippen molar-refractivity contribution in [1.29, 1.82) is 0 Å². The van der Waals surface area contributed by atoms with Crippen molar-refractivity contribution < 1.29 is 22.7 Å². The SMILES string of the molecule is O=C(CI)OCC(F)(F)F. The number of hydrogen-bond donors (Lipinski definition) is 0. The molecular weight excluding hydrogens is 264 g/mol. The number of alkyl halides is 4. The van der Waals surface area contributed by atoms with Gasteiger partial charge < -0.3 is 4.74 Å². The Labute approximate surface area is 68.9 Å². The fourth-order valence-corrected chi connectivity index (χ4v) is 0.421. The molecule has 0 aliphatic heterocycles. The number of ether oxygens (including phenoxy) is 1. The Morgan fingerprint density at radius 1 is 1.50 bits per heavy atom. The van der Waals surface area contributed by atoms with E-state index < -0.39 is 18.8 Å². The van der Waals surface area contributed by atoms with Crippen LogP contribution in [0.3, 0.4) is 0 Å². The molecule has 0 aliphatic carbocycles. The molecule has 0 aromatic heterocycles. The zero-order chi connectivity index (χ0) is 8.20. The zero-order valence-electron chi connectivity index (χ0n) is 4.74. The molecule has 0 fully saturated rings. The van der Waals surface area contributed by atoms with Crippen molar-refractivity contribution in [2.75, 3.05) is 11.0 Å². The smallest absolute Gasteiger partial charge is 0.422 e. The molecule has 0 spiro atoms. The Kier molecular flexibility index (Phi) is 3.99. The average Bonchev–Trinajstić information content (AvgIpc) is 1.81. The van der Waals surface area contributed by atoms with E-state index in [9.17, 15) is 18.0 Å². The summed E-state index contributed by atoms with van der Waals surface area (Å²) in [5, 5.41) is 0. The standard InChI is InChI=1S/C4H4F3IO2/c5-4(6,7)2-10-3(9)1-8/h1-2H2. The third-order valence-corrected chi connectivity index (χ3v) is 1.13. The van der Waals surface area contributed by atoms with Gasteiger partial charge >= 0.3 is 12.1 Å². The fraction of sp³-hybridized carbons (Fsp3) is 0.750. The maximum Gasteiger partial charge on any atom is 0.422 e. The van der Waals surface area contributed by atoms with E-state index in [1.54, 1.807) is 22.6 Å². The third-order valence-electron chi connectivity index (χ3n) is 0.506. The minimum absolute atomic E-state index is 0.0617. The van der Waals surface area contributed by atoms with Crippen LogP contribution in [0.2, 0.25) is 0 Å². The molecule has 0 bridgehead atoms. The van der Waals surface area contributed by atoms with E-state index in [2.05, 4.69) is 4.74 Å². The van der Waals surface area contributed by atoms with Gasteiger partial charge in [-0.1, -0.05) is 22.6 Å². The Balaban J connectivity index is 3.46. The Bertz CT molecular complexity index is 122. The molecule has 10 heavy (non-hydrogen) atoms. The average molecular weight is 268 g/mol. The molecule has 0 heterocycles. The van der Waals surface area contributed by atoms with Crippen LogP contribution in [0.25, 0.3) is 0 Å². The van der Waals surface area contributed by atoms with Crippen molar-refractivity contribution in [1.82, 2.24) is 0 Å². The first kappa shape index (κ1) is 9.99. The van der Waals surface area contributed by atoms with Crippen LogP contribution in [0.15, 0.2) is 0 Å². The topological polar surface area (TPSA) is 26.3 Å². The Morgan fingerprint density at radius 2 is 2.00 bits per heavy atom.